The molecule has 1 aliphatic heterocycles. The Morgan fingerprint density at radius 1 is 1.19 bits per heavy atom. The van der Waals surface area contributed by atoms with Gasteiger partial charge in [-0.3, -0.25) is 4.79 Å². The zero-order valence-electron chi connectivity index (χ0n) is 16.5. The van der Waals surface area contributed by atoms with Crippen molar-refractivity contribution in [3.05, 3.63) is 63.6 Å². The quantitative estimate of drug-likeness (QED) is 0.550. The summed E-state index contributed by atoms with van der Waals surface area (Å²) in [5.74, 6) is -1.07. The van der Waals surface area contributed by atoms with Crippen LogP contribution in [0, 0.1) is 5.92 Å². The molecule has 2 atom stereocenters. The Bertz CT molecular complexity index is 912. The lowest BCUT2D eigenvalue weighted by Crippen LogP contribution is -2.38. The van der Waals surface area contributed by atoms with E-state index in [0.717, 1.165) is 5.56 Å². The summed E-state index contributed by atoms with van der Waals surface area (Å²) >= 11 is 12.2. The number of carboxylic acid groups (broad SMARTS) is 1. The number of carbonyl (C=O) groups is 2. The smallest absolute Gasteiger partial charge is 0.335 e. The van der Waals surface area contributed by atoms with Crippen molar-refractivity contribution in [1.82, 2.24) is 10.6 Å². The molecule has 168 valence electrons. The van der Waals surface area contributed by atoms with Gasteiger partial charge >= 0.3 is 5.97 Å². The number of nitrogens with one attached hydrogen (secondary N) is 2. The van der Waals surface area contributed by atoms with Crippen LogP contribution >= 0.6 is 35.6 Å². The van der Waals surface area contributed by atoms with E-state index in [1.165, 1.54) is 12.1 Å². The maximum atomic E-state index is 12.3. The SMILES string of the molecule is Cl.O=C(COc1cccc(C(=O)O)c1)NC[C@@H]1CNCCO[C@H]1c1ccc(Cl)c(Cl)c1. The van der Waals surface area contributed by atoms with Gasteiger partial charge in [0.2, 0.25) is 0 Å². The molecule has 7 nitrogen and oxygen atoms in total. The number of carbonyl (C=O) groups excluding carboxylic acids is 1. The minimum Gasteiger partial charge on any atom is -0.484 e. The number of benzene rings is 2. The second kappa shape index (κ2) is 12.1. The fourth-order valence-corrected chi connectivity index (χ4v) is 3.50. The monoisotopic (exact) mass is 488 g/mol. The summed E-state index contributed by atoms with van der Waals surface area (Å²) in [5, 5.41) is 16.1. The molecule has 10 heteroatoms. The summed E-state index contributed by atoms with van der Waals surface area (Å²) in [6.07, 6.45) is -0.247. The summed E-state index contributed by atoms with van der Waals surface area (Å²) < 4.78 is 11.4. The summed E-state index contributed by atoms with van der Waals surface area (Å²) in [5.41, 5.74) is 0.994. The van der Waals surface area contributed by atoms with Gasteiger partial charge in [0.1, 0.15) is 5.75 Å². The number of halogens is 3. The third-order valence-electron chi connectivity index (χ3n) is 4.70. The maximum absolute atomic E-state index is 12.3. The van der Waals surface area contributed by atoms with Crippen LogP contribution in [-0.4, -0.2) is 49.8 Å². The van der Waals surface area contributed by atoms with Crippen LogP contribution in [0.2, 0.25) is 10.0 Å². The standard InChI is InChI=1S/C21H22Cl2N2O5.ClH/c22-17-5-4-13(9-18(17)23)20-15(10-24-6-7-29-20)11-25-19(26)12-30-16-3-1-2-14(8-16)21(27)28;/h1-5,8-9,15,20,24H,6-7,10-12H2,(H,25,26)(H,27,28);1H/t15-,20-;/m0./s1. The van der Waals surface area contributed by atoms with Gasteiger partial charge in [-0.05, 0) is 35.9 Å². The first-order valence-electron chi connectivity index (χ1n) is 9.44. The molecule has 0 aromatic heterocycles. The first-order chi connectivity index (χ1) is 14.4. The molecule has 0 aliphatic carbocycles. The van der Waals surface area contributed by atoms with Crippen LogP contribution in [0.1, 0.15) is 22.0 Å². The van der Waals surface area contributed by atoms with Gasteiger partial charge in [-0.1, -0.05) is 35.3 Å². The third-order valence-corrected chi connectivity index (χ3v) is 5.43. The average molecular weight is 490 g/mol. The van der Waals surface area contributed by atoms with Crippen LogP contribution in [0.3, 0.4) is 0 Å². The van der Waals surface area contributed by atoms with Crippen molar-refractivity contribution in [3.8, 4) is 5.75 Å². The average Bonchev–Trinajstić information content (AvgIpc) is 2.98. The van der Waals surface area contributed by atoms with Gasteiger partial charge in [0.15, 0.2) is 6.61 Å². The molecule has 1 heterocycles. The number of aromatic carboxylic acids is 1. The topological polar surface area (TPSA) is 96.9 Å². The number of amides is 1. The molecule has 1 amide bonds. The van der Waals surface area contributed by atoms with Crippen LogP contribution in [0.25, 0.3) is 0 Å². The lowest BCUT2D eigenvalue weighted by atomic mass is 9.95. The Kier molecular flexibility index (Phi) is 9.87. The highest BCUT2D eigenvalue weighted by molar-refractivity contribution is 6.42. The second-order valence-electron chi connectivity index (χ2n) is 6.85. The van der Waals surface area contributed by atoms with Gasteiger partial charge < -0.3 is 25.2 Å². The van der Waals surface area contributed by atoms with E-state index in [2.05, 4.69) is 10.6 Å². The predicted octanol–water partition coefficient (Wildman–Crippen LogP) is 3.59. The second-order valence-corrected chi connectivity index (χ2v) is 7.67. The van der Waals surface area contributed by atoms with Gasteiger partial charge in [0.25, 0.3) is 5.91 Å². The van der Waals surface area contributed by atoms with E-state index in [9.17, 15) is 9.59 Å². The number of hydrogen-bond donors (Lipinski definition) is 3. The molecule has 1 fully saturated rings. The molecular weight excluding hydrogens is 467 g/mol. The zero-order valence-corrected chi connectivity index (χ0v) is 18.8. The summed E-state index contributed by atoms with van der Waals surface area (Å²) in [6.45, 7) is 2.06. The van der Waals surface area contributed by atoms with Crippen LogP contribution in [0.15, 0.2) is 42.5 Å². The van der Waals surface area contributed by atoms with Crippen LogP contribution in [-0.2, 0) is 9.53 Å². The first-order valence-corrected chi connectivity index (χ1v) is 10.2. The van der Waals surface area contributed by atoms with Crippen molar-refractivity contribution in [2.75, 3.05) is 32.8 Å². The molecular formula is C21H23Cl3N2O5. The third kappa shape index (κ3) is 7.26. The molecule has 0 saturated carbocycles. The molecule has 31 heavy (non-hydrogen) atoms. The van der Waals surface area contributed by atoms with Gasteiger partial charge in [-0.15, -0.1) is 12.4 Å². The van der Waals surface area contributed by atoms with E-state index in [4.69, 9.17) is 37.8 Å². The van der Waals surface area contributed by atoms with E-state index >= 15 is 0 Å². The molecule has 2 aromatic rings. The highest BCUT2D eigenvalue weighted by atomic mass is 35.5. The van der Waals surface area contributed by atoms with Crippen molar-refractivity contribution in [1.29, 1.82) is 0 Å². The minimum atomic E-state index is -1.06. The van der Waals surface area contributed by atoms with Crippen molar-refractivity contribution < 1.29 is 24.2 Å². The summed E-state index contributed by atoms with van der Waals surface area (Å²) in [6, 6.07) is 11.4. The van der Waals surface area contributed by atoms with Crippen LogP contribution in [0.4, 0.5) is 0 Å². The zero-order chi connectivity index (χ0) is 21.5. The molecule has 0 unspecified atom stereocenters. The summed E-state index contributed by atoms with van der Waals surface area (Å²) in [7, 11) is 0. The maximum Gasteiger partial charge on any atom is 0.335 e. The highest BCUT2D eigenvalue weighted by Crippen LogP contribution is 2.31. The minimum absolute atomic E-state index is 0. The fourth-order valence-electron chi connectivity index (χ4n) is 3.19. The normalized spacial score (nSPS) is 18.4. The fraction of sp³-hybridized carbons (Fsp3) is 0.333. The highest BCUT2D eigenvalue weighted by Gasteiger charge is 2.27. The lowest BCUT2D eigenvalue weighted by Gasteiger charge is -2.25. The Morgan fingerprint density at radius 2 is 2.00 bits per heavy atom. The molecule has 1 aliphatic rings. The molecule has 1 saturated heterocycles. The number of ether oxygens (including phenoxy) is 2. The van der Waals surface area contributed by atoms with Crippen LogP contribution in [0.5, 0.6) is 5.75 Å². The Labute approximate surface area is 196 Å². The van der Waals surface area contributed by atoms with E-state index in [1.807, 2.05) is 6.07 Å². The molecule has 3 N–H and O–H groups in total. The number of hydrogen-bond acceptors (Lipinski definition) is 5. The molecule has 0 radical (unpaired) electrons. The van der Waals surface area contributed by atoms with Gasteiger partial charge in [-0.25, -0.2) is 4.79 Å². The Balaban J connectivity index is 0.00000341. The van der Waals surface area contributed by atoms with Crippen molar-refractivity contribution >= 4 is 47.5 Å². The molecule has 2 aromatic carbocycles. The van der Waals surface area contributed by atoms with Crippen molar-refractivity contribution in [2.45, 2.75) is 6.10 Å². The van der Waals surface area contributed by atoms with E-state index in [1.54, 1.807) is 24.3 Å². The number of carboxylic acids is 1. The molecule has 3 rings (SSSR count). The van der Waals surface area contributed by atoms with E-state index < -0.39 is 5.97 Å². The molecule has 0 spiro atoms. The molecule has 0 bridgehead atoms. The van der Waals surface area contributed by atoms with Crippen molar-refractivity contribution in [2.24, 2.45) is 5.92 Å². The number of rotatable bonds is 7. The van der Waals surface area contributed by atoms with Gasteiger partial charge in [0.05, 0.1) is 28.3 Å². The lowest BCUT2D eigenvalue weighted by molar-refractivity contribution is -0.123. The largest absolute Gasteiger partial charge is 0.484 e. The van der Waals surface area contributed by atoms with Crippen LogP contribution < -0.4 is 15.4 Å². The Morgan fingerprint density at radius 3 is 2.74 bits per heavy atom. The van der Waals surface area contributed by atoms with Crippen molar-refractivity contribution in [3.63, 3.8) is 0 Å². The van der Waals surface area contributed by atoms with Gasteiger partial charge in [-0.2, -0.15) is 0 Å². The Hall–Kier alpha value is -2.03. The van der Waals surface area contributed by atoms with Gasteiger partial charge in [0, 0.05) is 25.6 Å². The van der Waals surface area contributed by atoms with E-state index in [-0.39, 0.29) is 42.5 Å². The van der Waals surface area contributed by atoms with E-state index in [0.29, 0.717) is 42.0 Å². The summed E-state index contributed by atoms with van der Waals surface area (Å²) in [4.78, 5) is 23.3. The predicted molar refractivity (Wildman–Crippen MR) is 121 cm³/mol. The first kappa shape index (κ1) is 25.2.